The summed E-state index contributed by atoms with van der Waals surface area (Å²) in [5.74, 6) is 0.654. The van der Waals surface area contributed by atoms with E-state index in [-0.39, 0.29) is 0 Å². The van der Waals surface area contributed by atoms with Crippen molar-refractivity contribution < 1.29 is 9.84 Å². The second-order valence-electron chi connectivity index (χ2n) is 2.41. The van der Waals surface area contributed by atoms with Gasteiger partial charge in [0, 0.05) is 13.1 Å². The van der Waals surface area contributed by atoms with Gasteiger partial charge in [-0.3, -0.25) is 0 Å². The SMILES string of the molecule is COc1cc(C(C)O)nn1C. The van der Waals surface area contributed by atoms with E-state index >= 15 is 0 Å². The average molecular weight is 156 g/mol. The first-order valence-electron chi connectivity index (χ1n) is 3.41. The zero-order chi connectivity index (χ0) is 8.43. The van der Waals surface area contributed by atoms with Crippen LogP contribution < -0.4 is 4.74 Å². The summed E-state index contributed by atoms with van der Waals surface area (Å²) in [6.45, 7) is 1.67. The van der Waals surface area contributed by atoms with Crippen molar-refractivity contribution in [2.24, 2.45) is 7.05 Å². The highest BCUT2D eigenvalue weighted by Gasteiger charge is 2.08. The Morgan fingerprint density at radius 3 is 2.64 bits per heavy atom. The maximum atomic E-state index is 9.13. The standard InChI is InChI=1S/C7H12N2O2/c1-5(10)6-4-7(11-3)9(2)8-6/h4-5,10H,1-3H3. The third-order valence-corrected chi connectivity index (χ3v) is 1.49. The molecular weight excluding hydrogens is 144 g/mol. The van der Waals surface area contributed by atoms with Crippen LogP contribution in [0.2, 0.25) is 0 Å². The van der Waals surface area contributed by atoms with Gasteiger partial charge < -0.3 is 9.84 Å². The van der Waals surface area contributed by atoms with Gasteiger partial charge in [0.1, 0.15) is 0 Å². The molecule has 0 saturated heterocycles. The summed E-state index contributed by atoms with van der Waals surface area (Å²) in [6, 6.07) is 1.71. The van der Waals surface area contributed by atoms with Crippen LogP contribution in [0, 0.1) is 0 Å². The number of aromatic nitrogens is 2. The highest BCUT2D eigenvalue weighted by atomic mass is 16.5. The Hall–Kier alpha value is -1.03. The Morgan fingerprint density at radius 2 is 2.36 bits per heavy atom. The van der Waals surface area contributed by atoms with Gasteiger partial charge in [0.15, 0.2) is 0 Å². The fraction of sp³-hybridized carbons (Fsp3) is 0.571. The van der Waals surface area contributed by atoms with Gasteiger partial charge in [-0.15, -0.1) is 0 Å². The van der Waals surface area contributed by atoms with Crippen LogP contribution in [0.4, 0.5) is 0 Å². The minimum Gasteiger partial charge on any atom is -0.481 e. The summed E-state index contributed by atoms with van der Waals surface area (Å²) in [5.41, 5.74) is 0.629. The normalized spacial score (nSPS) is 13.1. The predicted molar refractivity (Wildman–Crippen MR) is 40.4 cm³/mol. The number of ether oxygens (including phenoxy) is 1. The lowest BCUT2D eigenvalue weighted by Gasteiger charge is -1.95. The molecule has 1 heterocycles. The Labute approximate surface area is 65.4 Å². The molecule has 0 spiro atoms. The molecule has 11 heavy (non-hydrogen) atoms. The van der Waals surface area contributed by atoms with E-state index < -0.39 is 6.10 Å². The van der Waals surface area contributed by atoms with Gasteiger partial charge in [0.05, 0.1) is 18.9 Å². The second kappa shape index (κ2) is 2.92. The molecule has 0 bridgehead atoms. The summed E-state index contributed by atoms with van der Waals surface area (Å²) in [7, 11) is 3.34. The zero-order valence-electron chi connectivity index (χ0n) is 6.90. The zero-order valence-corrected chi connectivity index (χ0v) is 6.90. The average Bonchev–Trinajstić information content (AvgIpc) is 2.31. The molecule has 0 aliphatic heterocycles. The van der Waals surface area contributed by atoms with Crippen molar-refractivity contribution in [3.8, 4) is 5.88 Å². The minimum absolute atomic E-state index is 0.537. The maximum absolute atomic E-state index is 9.13. The first kappa shape index (κ1) is 8.07. The van der Waals surface area contributed by atoms with Crippen LogP contribution >= 0.6 is 0 Å². The van der Waals surface area contributed by atoms with Gasteiger partial charge in [-0.05, 0) is 6.92 Å². The first-order chi connectivity index (χ1) is 5.15. The van der Waals surface area contributed by atoms with Gasteiger partial charge >= 0.3 is 0 Å². The molecule has 62 valence electrons. The van der Waals surface area contributed by atoms with Crippen molar-refractivity contribution in [2.75, 3.05) is 7.11 Å². The van der Waals surface area contributed by atoms with E-state index in [1.165, 1.54) is 0 Å². The van der Waals surface area contributed by atoms with Gasteiger partial charge in [0.25, 0.3) is 0 Å². The summed E-state index contributed by atoms with van der Waals surface area (Å²) in [5, 5.41) is 13.1. The number of hydrogen-bond acceptors (Lipinski definition) is 3. The van der Waals surface area contributed by atoms with Crippen molar-refractivity contribution in [1.29, 1.82) is 0 Å². The maximum Gasteiger partial charge on any atom is 0.211 e. The molecule has 0 aliphatic rings. The lowest BCUT2D eigenvalue weighted by molar-refractivity contribution is 0.193. The molecule has 1 unspecified atom stereocenters. The molecule has 0 radical (unpaired) electrons. The highest BCUT2D eigenvalue weighted by Crippen LogP contribution is 2.16. The third-order valence-electron chi connectivity index (χ3n) is 1.49. The molecular formula is C7H12N2O2. The van der Waals surface area contributed by atoms with E-state index in [1.54, 1.807) is 31.8 Å². The smallest absolute Gasteiger partial charge is 0.211 e. The summed E-state index contributed by atoms with van der Waals surface area (Å²) in [4.78, 5) is 0. The fourth-order valence-corrected chi connectivity index (χ4v) is 0.866. The highest BCUT2D eigenvalue weighted by molar-refractivity contribution is 5.16. The van der Waals surface area contributed by atoms with Crippen LogP contribution in [0.5, 0.6) is 5.88 Å². The molecule has 0 aliphatic carbocycles. The fourth-order valence-electron chi connectivity index (χ4n) is 0.866. The second-order valence-corrected chi connectivity index (χ2v) is 2.41. The van der Waals surface area contributed by atoms with Crippen LogP contribution in [0.3, 0.4) is 0 Å². The molecule has 1 aromatic rings. The summed E-state index contributed by atoms with van der Waals surface area (Å²) < 4.78 is 6.55. The van der Waals surface area contributed by atoms with E-state index in [0.29, 0.717) is 11.6 Å². The van der Waals surface area contributed by atoms with Gasteiger partial charge in [0.2, 0.25) is 5.88 Å². The number of aryl methyl sites for hydroxylation is 1. The molecule has 0 amide bonds. The first-order valence-corrected chi connectivity index (χ1v) is 3.41. The lowest BCUT2D eigenvalue weighted by atomic mass is 10.3. The lowest BCUT2D eigenvalue weighted by Crippen LogP contribution is -1.96. The Kier molecular flexibility index (Phi) is 2.14. The van der Waals surface area contributed by atoms with Crippen LogP contribution in [-0.4, -0.2) is 22.0 Å². The van der Waals surface area contributed by atoms with E-state index in [2.05, 4.69) is 5.10 Å². The van der Waals surface area contributed by atoms with Crippen LogP contribution in [0.25, 0.3) is 0 Å². The molecule has 4 heteroatoms. The molecule has 1 atom stereocenters. The summed E-state index contributed by atoms with van der Waals surface area (Å²) >= 11 is 0. The van der Waals surface area contributed by atoms with Crippen LogP contribution in [-0.2, 0) is 7.05 Å². The Bertz CT molecular complexity index is 243. The number of hydrogen-bond donors (Lipinski definition) is 1. The molecule has 4 nitrogen and oxygen atoms in total. The van der Waals surface area contributed by atoms with E-state index in [4.69, 9.17) is 9.84 Å². The van der Waals surface area contributed by atoms with Crippen molar-refractivity contribution in [2.45, 2.75) is 13.0 Å². The number of aliphatic hydroxyl groups is 1. The minimum atomic E-state index is -0.537. The predicted octanol–water partition coefficient (Wildman–Crippen LogP) is 0.482. The number of rotatable bonds is 2. The molecule has 1 rings (SSSR count). The largest absolute Gasteiger partial charge is 0.481 e. The Balaban J connectivity index is 2.95. The van der Waals surface area contributed by atoms with Crippen molar-refractivity contribution in [1.82, 2.24) is 9.78 Å². The van der Waals surface area contributed by atoms with Crippen LogP contribution in [0.1, 0.15) is 18.7 Å². The van der Waals surface area contributed by atoms with Crippen LogP contribution in [0.15, 0.2) is 6.07 Å². The molecule has 0 fully saturated rings. The van der Waals surface area contributed by atoms with Gasteiger partial charge in [-0.25, -0.2) is 4.68 Å². The topological polar surface area (TPSA) is 47.3 Å². The van der Waals surface area contributed by atoms with E-state index in [0.717, 1.165) is 0 Å². The quantitative estimate of drug-likeness (QED) is 0.677. The number of nitrogens with zero attached hydrogens (tertiary/aromatic N) is 2. The van der Waals surface area contributed by atoms with Crippen molar-refractivity contribution in [3.05, 3.63) is 11.8 Å². The van der Waals surface area contributed by atoms with Crippen molar-refractivity contribution in [3.63, 3.8) is 0 Å². The molecule has 1 N–H and O–H groups in total. The van der Waals surface area contributed by atoms with Crippen molar-refractivity contribution >= 4 is 0 Å². The molecule has 1 aromatic heterocycles. The molecule has 0 saturated carbocycles. The van der Waals surface area contributed by atoms with Gasteiger partial charge in [-0.2, -0.15) is 5.10 Å². The summed E-state index contributed by atoms with van der Waals surface area (Å²) in [6.07, 6.45) is -0.537. The number of aliphatic hydroxyl groups excluding tert-OH is 1. The number of methoxy groups -OCH3 is 1. The molecule has 0 aromatic carbocycles. The monoisotopic (exact) mass is 156 g/mol. The van der Waals surface area contributed by atoms with E-state index in [1.807, 2.05) is 0 Å². The third kappa shape index (κ3) is 1.51. The van der Waals surface area contributed by atoms with E-state index in [9.17, 15) is 0 Å². The van der Waals surface area contributed by atoms with Gasteiger partial charge in [-0.1, -0.05) is 0 Å². The Morgan fingerprint density at radius 1 is 1.73 bits per heavy atom.